The molecule has 0 radical (unpaired) electrons. The minimum absolute atomic E-state index is 0.583. The fourth-order valence-corrected chi connectivity index (χ4v) is 19.2. The van der Waals surface area contributed by atoms with Gasteiger partial charge in [-0.15, -0.1) is 0 Å². The van der Waals surface area contributed by atoms with Gasteiger partial charge in [0.15, 0.2) is 0 Å². The van der Waals surface area contributed by atoms with Gasteiger partial charge in [-0.2, -0.15) is 0 Å². The van der Waals surface area contributed by atoms with Gasteiger partial charge in [-0.05, 0) is 0 Å². The standard InChI is InChI=1S/C6H9O.3C4H9.Sn/c1-2-3-4-6-5-7-6;3*1-3-4-2;/h6H,1,3-5H2;3*1,3-4H2,2H3;. The Labute approximate surface area is 131 Å². The third kappa shape index (κ3) is 6.51. The summed E-state index contributed by atoms with van der Waals surface area (Å²) in [6, 6.07) is 0. The number of epoxide rings is 1. The van der Waals surface area contributed by atoms with Crippen LogP contribution in [0, 0.1) is 0 Å². The van der Waals surface area contributed by atoms with Crippen LogP contribution in [0.4, 0.5) is 0 Å². The molecule has 0 saturated carbocycles. The van der Waals surface area contributed by atoms with E-state index >= 15 is 0 Å². The summed E-state index contributed by atoms with van der Waals surface area (Å²) in [5, 5.41) is 0. The number of allylic oxidation sites excluding steroid dienone is 1. The average molecular weight is 387 g/mol. The monoisotopic (exact) mass is 388 g/mol. The van der Waals surface area contributed by atoms with E-state index in [9.17, 15) is 0 Å². The third-order valence-corrected chi connectivity index (χ3v) is 21.2. The number of rotatable bonds is 13. The molecule has 1 nitrogen and oxygen atoms in total. The van der Waals surface area contributed by atoms with Gasteiger partial charge in [-0.25, -0.2) is 0 Å². The van der Waals surface area contributed by atoms with Crippen LogP contribution in [0.2, 0.25) is 13.3 Å². The van der Waals surface area contributed by atoms with E-state index in [0.717, 1.165) is 6.61 Å². The van der Waals surface area contributed by atoms with Crippen LogP contribution >= 0.6 is 0 Å². The first-order chi connectivity index (χ1) is 9.68. The Morgan fingerprint density at radius 2 is 1.45 bits per heavy atom. The fraction of sp³-hybridized carbons (Fsp3) is 0.889. The molecule has 0 bridgehead atoms. The zero-order valence-corrected chi connectivity index (χ0v) is 17.0. The van der Waals surface area contributed by atoms with Gasteiger partial charge in [0, 0.05) is 0 Å². The van der Waals surface area contributed by atoms with Gasteiger partial charge < -0.3 is 0 Å². The quantitative estimate of drug-likeness (QED) is 0.274. The van der Waals surface area contributed by atoms with Crippen LogP contribution in [0.3, 0.4) is 0 Å². The van der Waals surface area contributed by atoms with Crippen molar-refractivity contribution in [1.82, 2.24) is 0 Å². The van der Waals surface area contributed by atoms with Crippen molar-refractivity contribution in [1.29, 1.82) is 0 Å². The van der Waals surface area contributed by atoms with Crippen LogP contribution in [0.15, 0.2) is 10.2 Å². The molecule has 20 heavy (non-hydrogen) atoms. The van der Waals surface area contributed by atoms with E-state index in [4.69, 9.17) is 4.74 Å². The van der Waals surface area contributed by atoms with Crippen molar-refractivity contribution in [3.63, 3.8) is 0 Å². The summed E-state index contributed by atoms with van der Waals surface area (Å²) in [7, 11) is 0. The number of ether oxygens (including phenoxy) is 1. The van der Waals surface area contributed by atoms with Gasteiger partial charge >= 0.3 is 131 Å². The van der Waals surface area contributed by atoms with Gasteiger partial charge in [-0.3, -0.25) is 0 Å². The first-order valence-electron chi connectivity index (χ1n) is 8.98. The van der Waals surface area contributed by atoms with Gasteiger partial charge in [0.25, 0.3) is 0 Å². The molecule has 1 heterocycles. The summed E-state index contributed by atoms with van der Waals surface area (Å²) in [6.07, 6.45) is 11.5. The molecule has 0 spiro atoms. The molecule has 0 aromatic carbocycles. The van der Waals surface area contributed by atoms with E-state index in [1.54, 1.807) is 16.9 Å². The molecule has 0 aliphatic carbocycles. The van der Waals surface area contributed by atoms with Gasteiger partial charge in [0.1, 0.15) is 0 Å². The van der Waals surface area contributed by atoms with Crippen molar-refractivity contribution in [3.8, 4) is 0 Å². The molecule has 0 amide bonds. The predicted octanol–water partition coefficient (Wildman–Crippen LogP) is 6.11. The molecule has 1 unspecified atom stereocenters. The molecule has 1 aliphatic heterocycles. The van der Waals surface area contributed by atoms with Crippen LogP contribution in [0.5, 0.6) is 0 Å². The summed E-state index contributed by atoms with van der Waals surface area (Å²) in [6.45, 7) is 12.7. The summed E-state index contributed by atoms with van der Waals surface area (Å²) >= 11 is -2.11. The van der Waals surface area contributed by atoms with E-state index in [2.05, 4.69) is 27.4 Å². The predicted molar refractivity (Wildman–Crippen MR) is 93.0 cm³/mol. The summed E-state index contributed by atoms with van der Waals surface area (Å²) in [5.74, 6) is 0. The summed E-state index contributed by atoms with van der Waals surface area (Å²) in [5.41, 5.74) is 0. The molecule has 0 aromatic rings. The zero-order valence-electron chi connectivity index (χ0n) is 14.2. The molecule has 1 aliphatic rings. The third-order valence-electron chi connectivity index (χ3n) is 4.95. The first kappa shape index (κ1) is 18.5. The molecular formula is C18H36OSn. The van der Waals surface area contributed by atoms with Crippen LogP contribution in [-0.2, 0) is 4.74 Å². The second-order valence-corrected chi connectivity index (χ2v) is 20.3. The Balaban J connectivity index is 2.64. The maximum absolute atomic E-state index is 5.40. The van der Waals surface area contributed by atoms with Crippen LogP contribution < -0.4 is 0 Å². The van der Waals surface area contributed by atoms with Crippen molar-refractivity contribution in [2.45, 2.75) is 91.6 Å². The van der Waals surface area contributed by atoms with E-state index in [-0.39, 0.29) is 0 Å². The molecule has 1 fully saturated rings. The number of unbranched alkanes of at least 4 members (excludes halogenated alkanes) is 3. The first-order valence-corrected chi connectivity index (χ1v) is 16.5. The van der Waals surface area contributed by atoms with E-state index < -0.39 is 18.4 Å². The van der Waals surface area contributed by atoms with E-state index in [0.29, 0.717) is 6.10 Å². The molecule has 1 atom stereocenters. The van der Waals surface area contributed by atoms with Gasteiger partial charge in [0.2, 0.25) is 0 Å². The van der Waals surface area contributed by atoms with Crippen molar-refractivity contribution in [3.05, 3.63) is 10.2 Å². The van der Waals surface area contributed by atoms with E-state index in [1.807, 2.05) is 0 Å². The van der Waals surface area contributed by atoms with Gasteiger partial charge in [0.05, 0.1) is 0 Å². The van der Waals surface area contributed by atoms with Crippen molar-refractivity contribution >= 4 is 18.4 Å². The van der Waals surface area contributed by atoms with Crippen LogP contribution in [0.1, 0.15) is 72.1 Å². The second kappa shape index (κ2) is 10.3. The SMILES string of the molecule is C=[C](CCC1CO1)[Sn]([CH2]CCC)([CH2]CCC)[CH2]CCC. The molecular weight excluding hydrogens is 351 g/mol. The normalized spacial score (nSPS) is 18.2. The van der Waals surface area contributed by atoms with Crippen molar-refractivity contribution in [2.75, 3.05) is 6.61 Å². The molecule has 0 aromatic heterocycles. The zero-order chi connectivity index (χ0) is 14.8. The Morgan fingerprint density at radius 1 is 1.00 bits per heavy atom. The summed E-state index contributed by atoms with van der Waals surface area (Å²) in [4.78, 5) is 0. The molecule has 0 N–H and O–H groups in total. The molecule has 118 valence electrons. The number of hydrogen-bond donors (Lipinski definition) is 0. The molecule has 1 saturated heterocycles. The average Bonchev–Trinajstić information content (AvgIpc) is 3.28. The Kier molecular flexibility index (Phi) is 9.52. The minimum atomic E-state index is -2.11. The van der Waals surface area contributed by atoms with Crippen LogP contribution in [-0.4, -0.2) is 31.1 Å². The summed E-state index contributed by atoms with van der Waals surface area (Å²) < 4.78 is 11.8. The fourth-order valence-electron chi connectivity index (χ4n) is 3.29. The Morgan fingerprint density at radius 3 is 1.80 bits per heavy atom. The maximum atomic E-state index is 5.40. The van der Waals surface area contributed by atoms with Gasteiger partial charge in [-0.1, -0.05) is 0 Å². The molecule has 1 rings (SSSR count). The second-order valence-electron chi connectivity index (χ2n) is 6.69. The Bertz CT molecular complexity index is 249. The van der Waals surface area contributed by atoms with Crippen LogP contribution in [0.25, 0.3) is 0 Å². The van der Waals surface area contributed by atoms with E-state index in [1.165, 1.54) is 51.4 Å². The molecule has 2 heteroatoms. The Hall–Kier alpha value is 0.499. The number of hydrogen-bond acceptors (Lipinski definition) is 1. The van der Waals surface area contributed by atoms with Crippen molar-refractivity contribution < 1.29 is 4.74 Å². The van der Waals surface area contributed by atoms with Crippen molar-refractivity contribution in [2.24, 2.45) is 0 Å². The topological polar surface area (TPSA) is 12.5 Å².